The van der Waals surface area contributed by atoms with Crippen LogP contribution >= 0.6 is 11.8 Å². The number of hydrogen-bond donors (Lipinski definition) is 0. The fourth-order valence-corrected chi connectivity index (χ4v) is 1.30. The summed E-state index contributed by atoms with van der Waals surface area (Å²) in [7, 11) is 0. The number of aryl methyl sites for hydroxylation is 1. The smallest absolute Gasteiger partial charge is 0.121 e. The molecule has 0 saturated carbocycles. The molecule has 0 aliphatic heterocycles. The monoisotopic (exact) mass is 166 g/mol. The molecule has 0 atom stereocenters. The van der Waals surface area contributed by atoms with Gasteiger partial charge >= 0.3 is 0 Å². The molecule has 0 fully saturated rings. The number of benzene rings is 1. The van der Waals surface area contributed by atoms with Crippen molar-refractivity contribution < 1.29 is 0 Å². The van der Waals surface area contributed by atoms with Crippen LogP contribution in [0.4, 0.5) is 0 Å². The number of rotatable bonds is 0. The first-order valence-corrected chi connectivity index (χ1v) is 3.73. The summed E-state index contributed by atoms with van der Waals surface area (Å²) in [5, 5.41) is 0. The minimum atomic E-state index is 0.827. The third-order valence-electron chi connectivity index (χ3n) is 1.66. The average molecular weight is 167 g/mol. The number of para-hydroxylation sites is 2. The largest absolute Gasteiger partial charge is 0.238 e. The molecule has 2 aromatic rings. The number of fused-ring (bicyclic) bond motifs is 1. The summed E-state index contributed by atoms with van der Waals surface area (Å²) in [5.41, 5.74) is 1.91. The maximum atomic E-state index is 5.90. The second-order valence-corrected chi connectivity index (χ2v) is 2.77. The van der Waals surface area contributed by atoms with Gasteiger partial charge in [0.25, 0.3) is 0 Å². The van der Waals surface area contributed by atoms with Gasteiger partial charge in [0, 0.05) is 11.8 Å². The summed E-state index contributed by atoms with van der Waals surface area (Å²) in [5.74, 6) is 0.827. The van der Waals surface area contributed by atoms with Gasteiger partial charge in [0.2, 0.25) is 0 Å². The first-order valence-electron chi connectivity index (χ1n) is 3.39. The van der Waals surface area contributed by atoms with Crippen molar-refractivity contribution in [2.45, 2.75) is 6.92 Å². The Morgan fingerprint density at radius 1 is 1.36 bits per heavy atom. The molecule has 1 aromatic heterocycles. The van der Waals surface area contributed by atoms with Crippen molar-refractivity contribution in [3.05, 3.63) is 30.1 Å². The summed E-state index contributed by atoms with van der Waals surface area (Å²) in [6.07, 6.45) is 0. The van der Waals surface area contributed by atoms with Crippen LogP contribution in [0.1, 0.15) is 5.82 Å². The summed E-state index contributed by atoms with van der Waals surface area (Å²) < 4.78 is 1.56. The molecule has 3 heteroatoms. The minimum absolute atomic E-state index is 0.827. The zero-order valence-corrected chi connectivity index (χ0v) is 6.84. The maximum absolute atomic E-state index is 5.90. The molecule has 1 aromatic carbocycles. The van der Waals surface area contributed by atoms with E-state index in [1.54, 1.807) is 4.09 Å². The molecule has 0 bridgehead atoms. The molecule has 11 heavy (non-hydrogen) atoms. The van der Waals surface area contributed by atoms with Crippen LogP contribution in [0, 0.1) is 6.92 Å². The molecule has 56 valence electrons. The van der Waals surface area contributed by atoms with Crippen LogP contribution in [-0.4, -0.2) is 9.07 Å². The van der Waals surface area contributed by atoms with Crippen LogP contribution in [-0.2, 0) is 0 Å². The van der Waals surface area contributed by atoms with Crippen molar-refractivity contribution in [3.63, 3.8) is 0 Å². The highest BCUT2D eigenvalue weighted by atomic mass is 35.5. The normalized spacial score (nSPS) is 10.7. The standard InChI is InChI=1S/C8H7ClN2/c1-6-10-7-4-2-3-5-8(7)11(6)9/h2-5H,1H3. The number of aromatic nitrogens is 2. The molecule has 0 spiro atoms. The molecule has 2 rings (SSSR count). The topological polar surface area (TPSA) is 17.8 Å². The van der Waals surface area contributed by atoms with E-state index in [0.717, 1.165) is 16.9 Å². The van der Waals surface area contributed by atoms with E-state index in [2.05, 4.69) is 4.98 Å². The lowest BCUT2D eigenvalue weighted by molar-refractivity contribution is 1.10. The van der Waals surface area contributed by atoms with Gasteiger partial charge in [-0.2, -0.15) is 0 Å². The SMILES string of the molecule is Cc1nc2ccccc2n1Cl. The van der Waals surface area contributed by atoms with E-state index in [1.807, 2.05) is 31.2 Å². The zero-order valence-electron chi connectivity index (χ0n) is 6.08. The predicted molar refractivity (Wildman–Crippen MR) is 45.7 cm³/mol. The summed E-state index contributed by atoms with van der Waals surface area (Å²) in [6.45, 7) is 1.88. The van der Waals surface area contributed by atoms with Gasteiger partial charge in [0.1, 0.15) is 5.82 Å². The molecule has 0 amide bonds. The van der Waals surface area contributed by atoms with Crippen LogP contribution in [0.3, 0.4) is 0 Å². The first kappa shape index (κ1) is 6.68. The first-order chi connectivity index (χ1) is 5.29. The van der Waals surface area contributed by atoms with Crippen molar-refractivity contribution in [3.8, 4) is 0 Å². The van der Waals surface area contributed by atoms with Crippen LogP contribution in [0.15, 0.2) is 24.3 Å². The third-order valence-corrected chi connectivity index (χ3v) is 2.09. The Balaban J connectivity index is 2.92. The van der Waals surface area contributed by atoms with E-state index < -0.39 is 0 Å². The molecule has 1 heterocycles. The Morgan fingerprint density at radius 3 is 2.82 bits per heavy atom. The van der Waals surface area contributed by atoms with E-state index in [9.17, 15) is 0 Å². The Bertz CT molecular complexity index is 392. The Hall–Kier alpha value is -1.02. The molecule has 0 aliphatic carbocycles. The van der Waals surface area contributed by atoms with Gasteiger partial charge in [-0.25, -0.2) is 9.07 Å². The number of imidazole rings is 1. The van der Waals surface area contributed by atoms with Crippen molar-refractivity contribution in [1.82, 2.24) is 9.07 Å². The minimum Gasteiger partial charge on any atom is -0.238 e. The molecular formula is C8H7ClN2. The highest BCUT2D eigenvalue weighted by molar-refractivity contribution is 6.19. The van der Waals surface area contributed by atoms with Gasteiger partial charge in [-0.1, -0.05) is 12.1 Å². The number of nitrogens with zero attached hydrogens (tertiary/aromatic N) is 2. The maximum Gasteiger partial charge on any atom is 0.121 e. The molecule has 0 unspecified atom stereocenters. The van der Waals surface area contributed by atoms with Gasteiger partial charge in [0.15, 0.2) is 0 Å². The van der Waals surface area contributed by atoms with E-state index in [0.29, 0.717) is 0 Å². The Labute approximate surface area is 69.5 Å². The summed E-state index contributed by atoms with van der Waals surface area (Å²) >= 11 is 5.90. The summed E-state index contributed by atoms with van der Waals surface area (Å²) in [4.78, 5) is 4.24. The molecule has 0 saturated heterocycles. The fourth-order valence-electron chi connectivity index (χ4n) is 1.12. The lowest BCUT2D eigenvalue weighted by atomic mass is 10.3. The molecule has 2 nitrogen and oxygen atoms in total. The highest BCUT2D eigenvalue weighted by Crippen LogP contribution is 2.15. The highest BCUT2D eigenvalue weighted by Gasteiger charge is 2.02. The Kier molecular flexibility index (Phi) is 1.36. The average Bonchev–Trinajstić information content (AvgIpc) is 2.30. The van der Waals surface area contributed by atoms with Gasteiger partial charge in [0.05, 0.1) is 11.0 Å². The number of halogens is 1. The van der Waals surface area contributed by atoms with Crippen LogP contribution < -0.4 is 0 Å². The van der Waals surface area contributed by atoms with Crippen LogP contribution in [0.5, 0.6) is 0 Å². The Morgan fingerprint density at radius 2 is 2.09 bits per heavy atom. The predicted octanol–water partition coefficient (Wildman–Crippen LogP) is 2.35. The van der Waals surface area contributed by atoms with Crippen molar-refractivity contribution in [2.24, 2.45) is 0 Å². The van der Waals surface area contributed by atoms with Gasteiger partial charge in [-0.3, -0.25) is 0 Å². The molecule has 0 aliphatic rings. The van der Waals surface area contributed by atoms with Crippen molar-refractivity contribution >= 4 is 22.8 Å². The zero-order chi connectivity index (χ0) is 7.84. The summed E-state index contributed by atoms with van der Waals surface area (Å²) in [6, 6.07) is 7.79. The molecule has 0 N–H and O–H groups in total. The third kappa shape index (κ3) is 0.906. The molecule has 0 radical (unpaired) electrons. The molecular weight excluding hydrogens is 160 g/mol. The van der Waals surface area contributed by atoms with Gasteiger partial charge in [-0.05, 0) is 19.1 Å². The van der Waals surface area contributed by atoms with Crippen molar-refractivity contribution in [1.29, 1.82) is 0 Å². The second-order valence-electron chi connectivity index (χ2n) is 2.43. The van der Waals surface area contributed by atoms with Crippen LogP contribution in [0.25, 0.3) is 11.0 Å². The lowest BCUT2D eigenvalue weighted by Gasteiger charge is -1.89. The van der Waals surface area contributed by atoms with Gasteiger partial charge < -0.3 is 0 Å². The lowest BCUT2D eigenvalue weighted by Crippen LogP contribution is -1.81. The van der Waals surface area contributed by atoms with Crippen LogP contribution in [0.2, 0.25) is 0 Å². The van der Waals surface area contributed by atoms with E-state index in [-0.39, 0.29) is 0 Å². The number of hydrogen-bond acceptors (Lipinski definition) is 1. The van der Waals surface area contributed by atoms with Gasteiger partial charge in [-0.15, -0.1) is 0 Å². The fraction of sp³-hybridized carbons (Fsp3) is 0.125. The van der Waals surface area contributed by atoms with E-state index in [4.69, 9.17) is 11.8 Å². The van der Waals surface area contributed by atoms with Crippen molar-refractivity contribution in [2.75, 3.05) is 0 Å². The van der Waals surface area contributed by atoms with E-state index >= 15 is 0 Å². The second kappa shape index (κ2) is 2.24. The van der Waals surface area contributed by atoms with E-state index in [1.165, 1.54) is 0 Å². The quantitative estimate of drug-likeness (QED) is 0.588.